The molecule has 0 saturated heterocycles. The van der Waals surface area contributed by atoms with E-state index >= 15 is 0 Å². The Morgan fingerprint density at radius 3 is 2.63 bits per heavy atom. The summed E-state index contributed by atoms with van der Waals surface area (Å²) in [6.45, 7) is 0. The van der Waals surface area contributed by atoms with Crippen molar-refractivity contribution in [2.75, 3.05) is 7.11 Å². The van der Waals surface area contributed by atoms with Gasteiger partial charge in [-0.25, -0.2) is 0 Å². The topological polar surface area (TPSA) is 46.5 Å². The zero-order valence-corrected chi connectivity index (χ0v) is 10.5. The number of benzene rings is 2. The number of aromatic hydroxyl groups is 1. The molecule has 0 aliphatic heterocycles. The van der Waals surface area contributed by atoms with Crippen LogP contribution >= 0.6 is 0 Å². The lowest BCUT2D eigenvalue weighted by Gasteiger charge is -2.09. The lowest BCUT2D eigenvalue weighted by atomic mass is 10.0. The van der Waals surface area contributed by atoms with E-state index < -0.39 is 0 Å². The van der Waals surface area contributed by atoms with Crippen molar-refractivity contribution in [1.29, 1.82) is 0 Å². The molecule has 2 rings (SSSR count). The molecule has 0 heterocycles. The smallest absolute Gasteiger partial charge is 0.142 e. The average molecular weight is 254 g/mol. The van der Waals surface area contributed by atoms with Crippen molar-refractivity contribution >= 4 is 12.4 Å². The van der Waals surface area contributed by atoms with E-state index in [1.54, 1.807) is 25.3 Å². The van der Waals surface area contributed by atoms with E-state index in [-0.39, 0.29) is 5.75 Å². The van der Waals surface area contributed by atoms with Gasteiger partial charge in [-0.3, -0.25) is 4.79 Å². The van der Waals surface area contributed by atoms with Crippen LogP contribution in [0.4, 0.5) is 0 Å². The van der Waals surface area contributed by atoms with E-state index in [2.05, 4.69) is 0 Å². The third-order valence-corrected chi connectivity index (χ3v) is 2.80. The number of ether oxygens (including phenoxy) is 1. The number of carbonyl (C=O) groups excluding carboxylic acids is 1. The highest BCUT2D eigenvalue weighted by Crippen LogP contribution is 2.32. The van der Waals surface area contributed by atoms with Gasteiger partial charge in [0.05, 0.1) is 7.11 Å². The number of allylic oxidation sites excluding steroid dienone is 1. The fraction of sp³-hybridized carbons (Fsp3) is 0.0625. The largest absolute Gasteiger partial charge is 0.507 e. The van der Waals surface area contributed by atoms with Gasteiger partial charge in [-0.2, -0.15) is 0 Å². The van der Waals surface area contributed by atoms with Crippen LogP contribution in [0.15, 0.2) is 48.5 Å². The normalized spacial score (nSPS) is 10.6. The number of phenols is 1. The number of hydrogen-bond donors (Lipinski definition) is 1. The van der Waals surface area contributed by atoms with Crippen LogP contribution in [-0.2, 0) is 4.79 Å². The van der Waals surface area contributed by atoms with Gasteiger partial charge in [0.1, 0.15) is 17.8 Å². The second kappa shape index (κ2) is 5.87. The quantitative estimate of drug-likeness (QED) is 0.672. The first-order chi connectivity index (χ1) is 9.26. The molecule has 2 aromatic carbocycles. The summed E-state index contributed by atoms with van der Waals surface area (Å²) >= 11 is 0. The highest BCUT2D eigenvalue weighted by molar-refractivity contribution is 5.79. The molecule has 0 amide bonds. The van der Waals surface area contributed by atoms with Gasteiger partial charge in [0, 0.05) is 11.1 Å². The average Bonchev–Trinajstić information content (AvgIpc) is 2.45. The number of para-hydroxylation sites is 1. The highest BCUT2D eigenvalue weighted by atomic mass is 16.5. The summed E-state index contributed by atoms with van der Waals surface area (Å²) in [6.07, 6.45) is 3.80. The fourth-order valence-electron chi connectivity index (χ4n) is 1.89. The summed E-state index contributed by atoms with van der Waals surface area (Å²) in [4.78, 5) is 10.4. The van der Waals surface area contributed by atoms with E-state index in [1.807, 2.05) is 30.3 Å². The Morgan fingerprint density at radius 1 is 1.16 bits per heavy atom. The van der Waals surface area contributed by atoms with Crippen molar-refractivity contribution in [3.63, 3.8) is 0 Å². The molecular weight excluding hydrogens is 240 g/mol. The molecule has 0 spiro atoms. The Bertz CT molecular complexity index is 615. The van der Waals surface area contributed by atoms with E-state index in [0.29, 0.717) is 12.0 Å². The molecule has 0 aromatic heterocycles. The van der Waals surface area contributed by atoms with Gasteiger partial charge in [-0.1, -0.05) is 24.3 Å². The Hall–Kier alpha value is -2.55. The SMILES string of the molecule is COc1ccc(-c2ccccc2O)cc1/C=C/C=O. The second-order valence-corrected chi connectivity index (χ2v) is 3.97. The summed E-state index contributed by atoms with van der Waals surface area (Å²) in [7, 11) is 1.58. The van der Waals surface area contributed by atoms with Gasteiger partial charge < -0.3 is 9.84 Å². The Kier molecular flexibility index (Phi) is 3.98. The van der Waals surface area contributed by atoms with Crippen molar-refractivity contribution in [3.05, 3.63) is 54.1 Å². The van der Waals surface area contributed by atoms with E-state index in [4.69, 9.17) is 4.74 Å². The van der Waals surface area contributed by atoms with Gasteiger partial charge in [-0.15, -0.1) is 0 Å². The van der Waals surface area contributed by atoms with Crippen LogP contribution in [0.2, 0.25) is 0 Å². The molecule has 2 aromatic rings. The first-order valence-corrected chi connectivity index (χ1v) is 5.84. The lowest BCUT2D eigenvalue weighted by molar-refractivity contribution is -0.104. The minimum Gasteiger partial charge on any atom is -0.507 e. The third kappa shape index (κ3) is 2.83. The number of carbonyl (C=O) groups is 1. The number of aldehydes is 1. The molecule has 0 unspecified atom stereocenters. The van der Waals surface area contributed by atoms with Crippen LogP contribution in [-0.4, -0.2) is 18.5 Å². The second-order valence-electron chi connectivity index (χ2n) is 3.97. The van der Waals surface area contributed by atoms with Gasteiger partial charge >= 0.3 is 0 Å². The van der Waals surface area contributed by atoms with Gasteiger partial charge in [0.25, 0.3) is 0 Å². The van der Waals surface area contributed by atoms with Crippen LogP contribution in [0.1, 0.15) is 5.56 Å². The highest BCUT2D eigenvalue weighted by Gasteiger charge is 2.06. The van der Waals surface area contributed by atoms with Crippen molar-refractivity contribution < 1.29 is 14.6 Å². The molecule has 0 radical (unpaired) electrons. The van der Waals surface area contributed by atoms with Crippen molar-refractivity contribution in [1.82, 2.24) is 0 Å². The summed E-state index contributed by atoms with van der Waals surface area (Å²) in [6, 6.07) is 12.7. The number of hydrogen-bond acceptors (Lipinski definition) is 3. The molecule has 96 valence electrons. The molecular formula is C16H14O3. The third-order valence-electron chi connectivity index (χ3n) is 2.80. The van der Waals surface area contributed by atoms with E-state index in [1.165, 1.54) is 6.08 Å². The Labute approximate surface area is 111 Å². The van der Waals surface area contributed by atoms with Crippen molar-refractivity contribution in [2.24, 2.45) is 0 Å². The maximum absolute atomic E-state index is 10.4. The predicted octanol–water partition coefficient (Wildman–Crippen LogP) is 3.28. The predicted molar refractivity (Wildman–Crippen MR) is 75.2 cm³/mol. The fourth-order valence-corrected chi connectivity index (χ4v) is 1.89. The van der Waals surface area contributed by atoms with Gasteiger partial charge in [0.15, 0.2) is 0 Å². The maximum atomic E-state index is 10.4. The first kappa shape index (κ1) is 12.9. The van der Waals surface area contributed by atoms with E-state index in [0.717, 1.165) is 16.7 Å². The number of methoxy groups -OCH3 is 1. The Balaban J connectivity index is 2.51. The van der Waals surface area contributed by atoms with Gasteiger partial charge in [0.2, 0.25) is 0 Å². The Morgan fingerprint density at radius 2 is 1.95 bits per heavy atom. The van der Waals surface area contributed by atoms with Crippen LogP contribution in [0, 0.1) is 0 Å². The molecule has 3 nitrogen and oxygen atoms in total. The maximum Gasteiger partial charge on any atom is 0.142 e. The lowest BCUT2D eigenvalue weighted by Crippen LogP contribution is -1.88. The van der Waals surface area contributed by atoms with Crippen LogP contribution < -0.4 is 4.74 Å². The summed E-state index contributed by atoms with van der Waals surface area (Å²) < 4.78 is 5.23. The molecule has 3 heteroatoms. The summed E-state index contributed by atoms with van der Waals surface area (Å²) in [5.41, 5.74) is 2.39. The van der Waals surface area contributed by atoms with E-state index in [9.17, 15) is 9.90 Å². The molecule has 1 N–H and O–H groups in total. The minimum atomic E-state index is 0.220. The monoisotopic (exact) mass is 254 g/mol. The molecule has 0 saturated carbocycles. The molecule has 19 heavy (non-hydrogen) atoms. The zero-order valence-electron chi connectivity index (χ0n) is 10.5. The summed E-state index contributed by atoms with van der Waals surface area (Å²) in [5, 5.41) is 9.85. The molecule has 0 atom stereocenters. The minimum absolute atomic E-state index is 0.220. The molecule has 0 bridgehead atoms. The molecule has 0 fully saturated rings. The molecule has 0 aliphatic rings. The van der Waals surface area contributed by atoms with Crippen LogP contribution in [0.5, 0.6) is 11.5 Å². The zero-order chi connectivity index (χ0) is 13.7. The van der Waals surface area contributed by atoms with Gasteiger partial charge in [-0.05, 0) is 35.9 Å². The van der Waals surface area contributed by atoms with Crippen LogP contribution in [0.3, 0.4) is 0 Å². The summed E-state index contributed by atoms with van der Waals surface area (Å²) in [5.74, 6) is 0.898. The first-order valence-electron chi connectivity index (χ1n) is 5.84. The van der Waals surface area contributed by atoms with Crippen LogP contribution in [0.25, 0.3) is 17.2 Å². The number of rotatable bonds is 4. The van der Waals surface area contributed by atoms with Crippen molar-refractivity contribution in [3.8, 4) is 22.6 Å². The van der Waals surface area contributed by atoms with Crippen molar-refractivity contribution in [2.45, 2.75) is 0 Å². The molecule has 0 aliphatic carbocycles. The number of phenolic OH excluding ortho intramolecular Hbond substituents is 1. The standard InChI is InChI=1S/C16H14O3/c1-19-16-9-8-12(11-13(16)5-4-10-17)14-6-2-3-7-15(14)18/h2-11,18H,1H3/b5-4+.